The number of hydrogen-bond donors (Lipinski definition) is 0. The van der Waals surface area contributed by atoms with Crippen LogP contribution in [-0.4, -0.2) is 49.7 Å². The Morgan fingerprint density at radius 2 is 1.78 bits per heavy atom. The smallest absolute Gasteiger partial charge is 0.329 e. The van der Waals surface area contributed by atoms with E-state index in [1.165, 1.54) is 13.2 Å². The Morgan fingerprint density at radius 3 is 2.38 bits per heavy atom. The molecule has 0 amide bonds. The normalized spacial score (nSPS) is 13.0. The van der Waals surface area contributed by atoms with Crippen LogP contribution in [0.5, 0.6) is 11.5 Å². The zero-order valence-electron chi connectivity index (χ0n) is 17.7. The Balaban J connectivity index is 2.31. The van der Waals surface area contributed by atoms with Crippen molar-refractivity contribution in [1.29, 1.82) is 0 Å². The van der Waals surface area contributed by atoms with Gasteiger partial charge in [0, 0.05) is 6.26 Å². The molecule has 0 saturated carbocycles. The van der Waals surface area contributed by atoms with E-state index in [1.807, 2.05) is 0 Å². The van der Waals surface area contributed by atoms with E-state index in [0.29, 0.717) is 23.7 Å². The molecule has 0 saturated heterocycles. The molecule has 0 radical (unpaired) electrons. The third-order valence-electron chi connectivity index (χ3n) is 4.89. The Kier molecular flexibility index (Phi) is 6.87. The summed E-state index contributed by atoms with van der Waals surface area (Å²) in [6.45, 7) is 1.12. The Bertz CT molecular complexity index is 1280. The molecule has 3 rings (SSSR count). The standard InChI is InChI=1S/C21H23F3N2O5S/c1-4-31-19-9-13(5-8-18(19)30-2)17(12-32(3,28)29)26-15-7-6-14(22)10-16(15)25(21(26)27)11-20(23)24/h5-10,17,20H,4,11-12H2,1-3H3. The van der Waals surface area contributed by atoms with E-state index in [-0.39, 0.29) is 11.0 Å². The summed E-state index contributed by atoms with van der Waals surface area (Å²) < 4.78 is 77.4. The lowest BCUT2D eigenvalue weighted by atomic mass is 10.1. The predicted molar refractivity (Wildman–Crippen MR) is 114 cm³/mol. The molecular weight excluding hydrogens is 449 g/mol. The van der Waals surface area contributed by atoms with Gasteiger partial charge in [0.05, 0.1) is 43.1 Å². The molecule has 32 heavy (non-hydrogen) atoms. The van der Waals surface area contributed by atoms with E-state index < -0.39 is 46.1 Å². The van der Waals surface area contributed by atoms with Crippen LogP contribution in [0.25, 0.3) is 11.0 Å². The monoisotopic (exact) mass is 472 g/mol. The molecule has 3 aromatic rings. The highest BCUT2D eigenvalue weighted by Crippen LogP contribution is 2.33. The van der Waals surface area contributed by atoms with Crippen molar-refractivity contribution in [3.05, 3.63) is 58.3 Å². The van der Waals surface area contributed by atoms with Gasteiger partial charge in [0.2, 0.25) is 0 Å². The zero-order valence-corrected chi connectivity index (χ0v) is 18.5. The first kappa shape index (κ1) is 23.7. The summed E-state index contributed by atoms with van der Waals surface area (Å²) in [6.07, 6.45) is -1.86. The van der Waals surface area contributed by atoms with Gasteiger partial charge in [-0.3, -0.25) is 9.13 Å². The maximum atomic E-state index is 13.9. The number of methoxy groups -OCH3 is 1. The summed E-state index contributed by atoms with van der Waals surface area (Å²) >= 11 is 0. The molecule has 0 fully saturated rings. The van der Waals surface area contributed by atoms with Crippen molar-refractivity contribution < 1.29 is 31.1 Å². The molecule has 0 aliphatic rings. The van der Waals surface area contributed by atoms with Crippen molar-refractivity contribution in [3.63, 3.8) is 0 Å². The second kappa shape index (κ2) is 9.27. The molecule has 0 bridgehead atoms. The predicted octanol–water partition coefficient (Wildman–Crippen LogP) is 3.25. The van der Waals surface area contributed by atoms with Gasteiger partial charge in [0.25, 0.3) is 6.43 Å². The minimum atomic E-state index is -3.63. The van der Waals surface area contributed by atoms with Crippen LogP contribution in [0.2, 0.25) is 0 Å². The number of ether oxygens (including phenoxy) is 2. The summed E-state index contributed by atoms with van der Waals surface area (Å²) in [5.74, 6) is -0.458. The van der Waals surface area contributed by atoms with Crippen LogP contribution in [0.1, 0.15) is 18.5 Å². The van der Waals surface area contributed by atoms with E-state index >= 15 is 0 Å². The van der Waals surface area contributed by atoms with Gasteiger partial charge in [0.15, 0.2) is 11.5 Å². The van der Waals surface area contributed by atoms with Crippen LogP contribution < -0.4 is 15.2 Å². The minimum absolute atomic E-state index is 0.0488. The van der Waals surface area contributed by atoms with Crippen LogP contribution in [-0.2, 0) is 16.4 Å². The Morgan fingerprint density at radius 1 is 1.06 bits per heavy atom. The van der Waals surface area contributed by atoms with Crippen LogP contribution in [0, 0.1) is 5.82 Å². The molecule has 0 spiro atoms. The molecule has 1 aromatic heterocycles. The lowest BCUT2D eigenvalue weighted by Gasteiger charge is -2.20. The number of benzene rings is 2. The fraction of sp³-hybridized carbons (Fsp3) is 0.381. The first-order valence-electron chi connectivity index (χ1n) is 9.72. The zero-order chi connectivity index (χ0) is 23.6. The highest BCUT2D eigenvalue weighted by atomic mass is 32.2. The highest BCUT2D eigenvalue weighted by Gasteiger charge is 2.27. The molecule has 0 aliphatic heterocycles. The SMILES string of the molecule is CCOc1cc(C(CS(C)(=O)=O)n2c(=O)n(CC(F)F)c3cc(F)ccc32)ccc1OC. The summed E-state index contributed by atoms with van der Waals surface area (Å²) in [5, 5.41) is 0. The fourth-order valence-corrected chi connectivity index (χ4v) is 4.56. The van der Waals surface area contributed by atoms with Gasteiger partial charge in [-0.1, -0.05) is 6.07 Å². The summed E-state index contributed by atoms with van der Waals surface area (Å²) in [5.41, 5.74) is -0.387. The second-order valence-corrected chi connectivity index (χ2v) is 9.42. The lowest BCUT2D eigenvalue weighted by molar-refractivity contribution is 0.126. The molecule has 1 heterocycles. The van der Waals surface area contributed by atoms with Gasteiger partial charge < -0.3 is 9.47 Å². The van der Waals surface area contributed by atoms with E-state index in [2.05, 4.69) is 0 Å². The minimum Gasteiger partial charge on any atom is -0.493 e. The van der Waals surface area contributed by atoms with Crippen LogP contribution in [0.4, 0.5) is 13.2 Å². The first-order valence-corrected chi connectivity index (χ1v) is 11.8. The number of hydrogen-bond acceptors (Lipinski definition) is 5. The number of fused-ring (bicyclic) bond motifs is 1. The summed E-state index contributed by atoms with van der Waals surface area (Å²) in [7, 11) is -2.18. The average Bonchev–Trinajstić information content (AvgIpc) is 2.96. The Hall–Kier alpha value is -2.95. The van der Waals surface area contributed by atoms with Crippen molar-refractivity contribution in [2.75, 3.05) is 25.7 Å². The molecular formula is C21H23F3N2O5S. The number of aromatic nitrogens is 2. The molecule has 11 heteroatoms. The Labute approximate surface area is 182 Å². The average molecular weight is 472 g/mol. The fourth-order valence-electron chi connectivity index (χ4n) is 3.64. The van der Waals surface area contributed by atoms with Crippen molar-refractivity contribution in [1.82, 2.24) is 9.13 Å². The highest BCUT2D eigenvalue weighted by molar-refractivity contribution is 7.90. The quantitative estimate of drug-likeness (QED) is 0.478. The van der Waals surface area contributed by atoms with Crippen molar-refractivity contribution in [2.24, 2.45) is 0 Å². The topological polar surface area (TPSA) is 79.5 Å². The molecule has 7 nitrogen and oxygen atoms in total. The summed E-state index contributed by atoms with van der Waals surface area (Å²) in [4.78, 5) is 13.2. The van der Waals surface area contributed by atoms with Gasteiger partial charge in [-0.15, -0.1) is 0 Å². The molecule has 0 aliphatic carbocycles. The maximum absolute atomic E-state index is 13.9. The molecule has 2 aromatic carbocycles. The van der Waals surface area contributed by atoms with Crippen molar-refractivity contribution in [3.8, 4) is 11.5 Å². The largest absolute Gasteiger partial charge is 0.493 e. The van der Waals surface area contributed by atoms with Crippen molar-refractivity contribution >= 4 is 20.9 Å². The third-order valence-corrected chi connectivity index (χ3v) is 5.81. The lowest BCUT2D eigenvalue weighted by Crippen LogP contribution is -2.32. The van der Waals surface area contributed by atoms with E-state index in [0.717, 1.165) is 27.5 Å². The maximum Gasteiger partial charge on any atom is 0.329 e. The number of halogens is 3. The summed E-state index contributed by atoms with van der Waals surface area (Å²) in [6, 6.07) is 6.95. The molecule has 174 valence electrons. The number of rotatable bonds is 9. The van der Waals surface area contributed by atoms with Crippen LogP contribution >= 0.6 is 0 Å². The van der Waals surface area contributed by atoms with E-state index in [9.17, 15) is 26.4 Å². The number of alkyl halides is 2. The van der Waals surface area contributed by atoms with Crippen LogP contribution in [0.3, 0.4) is 0 Å². The molecule has 0 N–H and O–H groups in total. The van der Waals surface area contributed by atoms with E-state index in [4.69, 9.17) is 9.47 Å². The first-order chi connectivity index (χ1) is 15.1. The van der Waals surface area contributed by atoms with Gasteiger partial charge in [-0.25, -0.2) is 26.4 Å². The number of nitrogens with zero attached hydrogens (tertiary/aromatic N) is 2. The van der Waals surface area contributed by atoms with Gasteiger partial charge in [-0.2, -0.15) is 0 Å². The van der Waals surface area contributed by atoms with Gasteiger partial charge in [-0.05, 0) is 42.8 Å². The number of sulfone groups is 1. The molecule has 1 atom stereocenters. The molecule has 1 unspecified atom stereocenters. The van der Waals surface area contributed by atoms with E-state index in [1.54, 1.807) is 25.1 Å². The van der Waals surface area contributed by atoms with Crippen molar-refractivity contribution in [2.45, 2.75) is 25.9 Å². The number of imidazole rings is 1. The van der Waals surface area contributed by atoms with Crippen LogP contribution in [0.15, 0.2) is 41.2 Å². The van der Waals surface area contributed by atoms with Gasteiger partial charge >= 0.3 is 5.69 Å². The van der Waals surface area contributed by atoms with Gasteiger partial charge in [0.1, 0.15) is 15.7 Å². The third kappa shape index (κ3) is 4.93. The second-order valence-electron chi connectivity index (χ2n) is 7.24.